The highest BCUT2D eigenvalue weighted by molar-refractivity contribution is 7.91. The van der Waals surface area contributed by atoms with Gasteiger partial charge in [0.1, 0.15) is 0 Å². The average molecular weight is 273 g/mol. The molecule has 0 aliphatic carbocycles. The van der Waals surface area contributed by atoms with Crippen LogP contribution in [0.1, 0.15) is 24.3 Å². The molecule has 1 rings (SSSR count). The second-order valence-corrected chi connectivity index (χ2v) is 6.21. The number of carboxylic acid groups (broad SMARTS) is 1. The fourth-order valence-electron chi connectivity index (χ4n) is 1.31. The zero-order valence-electron chi connectivity index (χ0n) is 10.1. The summed E-state index contributed by atoms with van der Waals surface area (Å²) in [7, 11) is -3.10. The predicted octanol–water partition coefficient (Wildman–Crippen LogP) is 0.410. The molecule has 0 saturated carbocycles. The molecule has 1 unspecified atom stereocenters. The van der Waals surface area contributed by atoms with Gasteiger partial charge in [-0.2, -0.15) is 0 Å². The molecule has 7 nitrogen and oxygen atoms in total. The number of nitrogens with one attached hydrogen (secondary N) is 1. The van der Waals surface area contributed by atoms with Crippen LogP contribution < -0.4 is 5.32 Å². The Morgan fingerprint density at radius 2 is 2.22 bits per heavy atom. The van der Waals surface area contributed by atoms with Gasteiger partial charge < -0.3 is 10.4 Å². The molecular formula is C10H15N3O4S. The van der Waals surface area contributed by atoms with E-state index in [1.807, 2.05) is 0 Å². The maximum atomic E-state index is 11.4. The number of aromatic nitrogens is 2. The molecule has 1 heterocycles. The van der Waals surface area contributed by atoms with E-state index in [1.165, 1.54) is 12.3 Å². The Morgan fingerprint density at radius 1 is 1.56 bits per heavy atom. The first kappa shape index (κ1) is 14.4. The molecule has 0 radical (unpaired) electrons. The lowest BCUT2D eigenvalue weighted by Gasteiger charge is -2.13. The Kier molecular flexibility index (Phi) is 4.60. The Bertz CT molecular complexity index is 530. The van der Waals surface area contributed by atoms with Crippen molar-refractivity contribution < 1.29 is 18.3 Å². The van der Waals surface area contributed by atoms with E-state index in [2.05, 4.69) is 15.3 Å². The lowest BCUT2D eigenvalue weighted by atomic mass is 10.4. The number of hydrogen-bond donors (Lipinski definition) is 2. The van der Waals surface area contributed by atoms with Crippen molar-refractivity contribution in [3.63, 3.8) is 0 Å². The van der Waals surface area contributed by atoms with Gasteiger partial charge in [-0.3, -0.25) is 0 Å². The lowest BCUT2D eigenvalue weighted by Crippen LogP contribution is -2.27. The van der Waals surface area contributed by atoms with Crippen LogP contribution in [0, 0.1) is 0 Å². The van der Waals surface area contributed by atoms with Crippen LogP contribution in [0.4, 0.5) is 5.95 Å². The van der Waals surface area contributed by atoms with Crippen LogP contribution in [0.3, 0.4) is 0 Å². The summed E-state index contributed by atoms with van der Waals surface area (Å²) in [4.78, 5) is 18.3. The van der Waals surface area contributed by atoms with Gasteiger partial charge in [0.15, 0.2) is 15.5 Å². The average Bonchev–Trinajstić information content (AvgIpc) is 2.28. The van der Waals surface area contributed by atoms with Gasteiger partial charge in [-0.25, -0.2) is 23.2 Å². The van der Waals surface area contributed by atoms with Gasteiger partial charge in [0, 0.05) is 18.0 Å². The van der Waals surface area contributed by atoms with Crippen molar-refractivity contribution in [2.75, 3.05) is 16.8 Å². The van der Waals surface area contributed by atoms with Crippen LogP contribution >= 0.6 is 0 Å². The van der Waals surface area contributed by atoms with Crippen molar-refractivity contribution in [3.05, 3.63) is 18.0 Å². The summed E-state index contributed by atoms with van der Waals surface area (Å²) < 4.78 is 22.8. The third-order valence-corrected chi connectivity index (χ3v) is 4.08. The molecule has 0 aliphatic rings. The molecule has 0 spiro atoms. The van der Waals surface area contributed by atoms with Crippen molar-refractivity contribution >= 4 is 21.8 Å². The molecule has 0 bridgehead atoms. The maximum Gasteiger partial charge on any atom is 0.354 e. The minimum absolute atomic E-state index is 0.0514. The highest BCUT2D eigenvalue weighted by Gasteiger charge is 2.15. The topological polar surface area (TPSA) is 109 Å². The van der Waals surface area contributed by atoms with E-state index in [0.29, 0.717) is 0 Å². The number of anilines is 1. The number of hydrogen-bond acceptors (Lipinski definition) is 6. The van der Waals surface area contributed by atoms with Gasteiger partial charge in [0.25, 0.3) is 0 Å². The largest absolute Gasteiger partial charge is 0.477 e. The summed E-state index contributed by atoms with van der Waals surface area (Å²) >= 11 is 0. The molecule has 0 aromatic carbocycles. The zero-order chi connectivity index (χ0) is 13.8. The Morgan fingerprint density at radius 3 is 2.78 bits per heavy atom. The van der Waals surface area contributed by atoms with Gasteiger partial charge in [-0.05, 0) is 13.0 Å². The lowest BCUT2D eigenvalue weighted by molar-refractivity contribution is 0.0690. The Labute approximate surface area is 105 Å². The summed E-state index contributed by atoms with van der Waals surface area (Å²) in [5.74, 6) is -1.04. The maximum absolute atomic E-state index is 11.4. The number of sulfone groups is 1. The van der Waals surface area contributed by atoms with Crippen LogP contribution in [0.5, 0.6) is 0 Å². The van der Waals surface area contributed by atoms with Crippen LogP contribution in [0.2, 0.25) is 0 Å². The monoisotopic (exact) mass is 273 g/mol. The molecule has 1 atom stereocenters. The van der Waals surface area contributed by atoms with Gasteiger partial charge >= 0.3 is 5.97 Å². The summed E-state index contributed by atoms with van der Waals surface area (Å²) in [5, 5.41) is 11.5. The molecule has 100 valence electrons. The Hall–Kier alpha value is -1.70. The quantitative estimate of drug-likeness (QED) is 0.772. The van der Waals surface area contributed by atoms with E-state index < -0.39 is 15.8 Å². The first-order valence-electron chi connectivity index (χ1n) is 5.37. The normalized spacial score (nSPS) is 13.0. The molecule has 2 N–H and O–H groups in total. The van der Waals surface area contributed by atoms with E-state index in [1.54, 1.807) is 13.8 Å². The van der Waals surface area contributed by atoms with E-state index >= 15 is 0 Å². The first-order valence-corrected chi connectivity index (χ1v) is 7.19. The smallest absolute Gasteiger partial charge is 0.354 e. The second-order valence-electron chi connectivity index (χ2n) is 3.81. The van der Waals surface area contributed by atoms with Crippen molar-refractivity contribution in [2.24, 2.45) is 0 Å². The number of rotatable bonds is 6. The molecule has 0 amide bonds. The van der Waals surface area contributed by atoms with Gasteiger partial charge in [-0.15, -0.1) is 0 Å². The van der Waals surface area contributed by atoms with Crippen molar-refractivity contribution in [3.8, 4) is 0 Å². The third-order valence-electron chi connectivity index (χ3n) is 2.19. The molecule has 1 aromatic heterocycles. The third kappa shape index (κ3) is 4.28. The summed E-state index contributed by atoms with van der Waals surface area (Å²) in [6.45, 7) is 3.24. The van der Waals surface area contributed by atoms with E-state index in [0.717, 1.165) is 0 Å². The van der Waals surface area contributed by atoms with Crippen LogP contribution in [0.25, 0.3) is 0 Å². The van der Waals surface area contributed by atoms with Gasteiger partial charge in [0.05, 0.1) is 5.75 Å². The second kappa shape index (κ2) is 5.76. The minimum Gasteiger partial charge on any atom is -0.477 e. The van der Waals surface area contributed by atoms with E-state index in [9.17, 15) is 13.2 Å². The van der Waals surface area contributed by atoms with E-state index in [-0.39, 0.29) is 29.2 Å². The summed E-state index contributed by atoms with van der Waals surface area (Å²) in [6.07, 6.45) is 1.31. The standard InChI is InChI=1S/C10H15N3O4S/c1-3-18(16,17)6-7(2)12-10-11-5-4-8(13-10)9(14)15/h4-5,7H,3,6H2,1-2H3,(H,14,15)(H,11,12,13). The van der Waals surface area contributed by atoms with Crippen LogP contribution in [0.15, 0.2) is 12.3 Å². The molecule has 0 fully saturated rings. The van der Waals surface area contributed by atoms with Gasteiger partial charge in [0.2, 0.25) is 5.95 Å². The van der Waals surface area contributed by atoms with Crippen molar-refractivity contribution in [1.29, 1.82) is 0 Å². The SMILES string of the molecule is CCS(=O)(=O)CC(C)Nc1nccc(C(=O)O)n1. The van der Waals surface area contributed by atoms with Crippen LogP contribution in [-0.2, 0) is 9.84 Å². The molecule has 18 heavy (non-hydrogen) atoms. The number of carbonyl (C=O) groups is 1. The van der Waals surface area contributed by atoms with Crippen molar-refractivity contribution in [2.45, 2.75) is 19.9 Å². The first-order chi connectivity index (χ1) is 8.34. The molecular weight excluding hydrogens is 258 g/mol. The Balaban J connectivity index is 2.73. The van der Waals surface area contributed by atoms with Gasteiger partial charge in [-0.1, -0.05) is 6.92 Å². The zero-order valence-corrected chi connectivity index (χ0v) is 10.9. The van der Waals surface area contributed by atoms with Crippen molar-refractivity contribution in [1.82, 2.24) is 9.97 Å². The summed E-state index contributed by atoms with van der Waals surface area (Å²) in [5.41, 5.74) is -0.141. The number of aromatic carboxylic acids is 1. The highest BCUT2D eigenvalue weighted by Crippen LogP contribution is 2.04. The predicted molar refractivity (Wildman–Crippen MR) is 66.4 cm³/mol. The van der Waals surface area contributed by atoms with Crippen LogP contribution in [-0.4, -0.2) is 47.0 Å². The summed E-state index contributed by atoms with van der Waals surface area (Å²) in [6, 6.07) is 0.875. The van der Waals surface area contributed by atoms with E-state index in [4.69, 9.17) is 5.11 Å². The molecule has 0 saturated heterocycles. The number of carboxylic acids is 1. The minimum atomic E-state index is -3.10. The molecule has 8 heteroatoms. The number of nitrogens with zero attached hydrogens (tertiary/aromatic N) is 2. The molecule has 1 aromatic rings. The molecule has 0 aliphatic heterocycles. The fourth-order valence-corrected chi connectivity index (χ4v) is 2.39. The fraction of sp³-hybridized carbons (Fsp3) is 0.500. The highest BCUT2D eigenvalue weighted by atomic mass is 32.2.